The molecule has 1 aliphatic rings. The zero-order chi connectivity index (χ0) is 19.3. The number of aliphatic imine (C=N–C) groups is 1. The molecular weight excluding hydrogens is 538 g/mol. The zero-order valence-electron chi connectivity index (χ0n) is 13.0. The molecule has 2 atom stereocenters. The number of aromatic amines is 1. The number of amidine groups is 1. The molecule has 6 nitrogen and oxygen atoms in total. The number of rotatable bonds is 3. The van der Waals surface area contributed by atoms with Gasteiger partial charge in [-0.15, -0.1) is 0 Å². The van der Waals surface area contributed by atoms with Gasteiger partial charge in [0.1, 0.15) is 0 Å². The predicted octanol–water partition coefficient (Wildman–Crippen LogP) is 5.20. The third kappa shape index (κ3) is 3.42. The van der Waals surface area contributed by atoms with Gasteiger partial charge in [0.25, 0.3) is 0 Å². The van der Waals surface area contributed by atoms with E-state index in [0.29, 0.717) is 33.6 Å². The van der Waals surface area contributed by atoms with Crippen LogP contribution in [0.3, 0.4) is 0 Å². The number of hydrazine groups is 1. The van der Waals surface area contributed by atoms with Crippen molar-refractivity contribution in [3.05, 3.63) is 40.3 Å². The second-order valence-corrected chi connectivity index (χ2v) is 8.46. The van der Waals surface area contributed by atoms with Gasteiger partial charge in [-0.25, -0.2) is 14.9 Å². The van der Waals surface area contributed by atoms with Gasteiger partial charge in [-0.3, -0.25) is 5.43 Å². The van der Waals surface area contributed by atoms with Crippen molar-refractivity contribution in [3.8, 4) is 11.1 Å². The molecule has 0 spiro atoms. The number of alkyl halides is 3. The van der Waals surface area contributed by atoms with Crippen LogP contribution in [-0.2, 0) is 0 Å². The second-order valence-electron chi connectivity index (χ2n) is 5.60. The highest BCUT2D eigenvalue weighted by atomic mass is 127. The number of hydrogen-bond donors (Lipinski definition) is 3. The van der Waals surface area contributed by atoms with Crippen molar-refractivity contribution in [1.82, 2.24) is 25.4 Å². The molecule has 3 aromatic rings. The molecule has 0 fully saturated rings. The van der Waals surface area contributed by atoms with Crippen molar-refractivity contribution in [3.63, 3.8) is 0 Å². The number of halogens is 6. The summed E-state index contributed by atoms with van der Waals surface area (Å²) in [6.07, 6.45) is -1.71. The number of hydrogen-bond acceptors (Lipinski definition) is 4. The summed E-state index contributed by atoms with van der Waals surface area (Å²) in [5, 5.41) is 5.60. The maximum atomic E-state index is 12.9. The summed E-state index contributed by atoms with van der Waals surface area (Å²) in [4.78, 5) is 6.81. The number of benzene rings is 1. The fourth-order valence-electron chi connectivity index (χ4n) is 2.85. The lowest BCUT2D eigenvalue weighted by atomic mass is 10.0. The molecule has 3 heterocycles. The Morgan fingerprint density at radius 2 is 2.04 bits per heavy atom. The molecule has 0 saturated carbocycles. The molecule has 2 aromatic heterocycles. The highest BCUT2D eigenvalue weighted by Crippen LogP contribution is 2.42. The van der Waals surface area contributed by atoms with Gasteiger partial charge in [0, 0.05) is 22.7 Å². The van der Waals surface area contributed by atoms with E-state index in [1.54, 1.807) is 22.8 Å². The van der Waals surface area contributed by atoms with Crippen molar-refractivity contribution in [2.75, 3.05) is 0 Å². The Morgan fingerprint density at radius 3 is 2.67 bits per heavy atom. The monoisotopic (exact) mass is 546 g/mol. The maximum absolute atomic E-state index is 12.9. The Balaban J connectivity index is 1.93. The van der Waals surface area contributed by atoms with Gasteiger partial charge < -0.3 is 4.98 Å². The first-order chi connectivity index (χ1) is 12.8. The minimum atomic E-state index is -4.58. The Bertz CT molecular complexity index is 1060. The molecule has 0 radical (unpaired) electrons. The Hall–Kier alpha value is -1.07. The molecule has 2 unspecified atom stereocenters. The van der Waals surface area contributed by atoms with Gasteiger partial charge in [-0.1, -0.05) is 29.3 Å². The predicted molar refractivity (Wildman–Crippen MR) is 110 cm³/mol. The first-order valence-electron chi connectivity index (χ1n) is 7.37. The Labute approximate surface area is 175 Å². The summed E-state index contributed by atoms with van der Waals surface area (Å²) < 4.78 is 40.6. The number of H-pyrrole nitrogens is 1. The van der Waals surface area contributed by atoms with E-state index >= 15 is 0 Å². The average Bonchev–Trinajstić information content (AvgIpc) is 3.34. The summed E-state index contributed by atoms with van der Waals surface area (Å²) in [5.74, 6) is -1.09. The van der Waals surface area contributed by atoms with Crippen molar-refractivity contribution in [1.29, 1.82) is 0 Å². The van der Waals surface area contributed by atoms with Crippen LogP contribution in [0.5, 0.6) is 0 Å². The van der Waals surface area contributed by atoms with Gasteiger partial charge in [-0.05, 0) is 28.1 Å². The molecule has 142 valence electrons. The molecule has 27 heavy (non-hydrogen) atoms. The molecule has 4 rings (SSSR count). The van der Waals surface area contributed by atoms with E-state index in [-0.39, 0.29) is 5.02 Å². The fourth-order valence-corrected chi connectivity index (χ4v) is 4.30. The van der Waals surface area contributed by atoms with E-state index in [0.717, 1.165) is 5.56 Å². The van der Waals surface area contributed by atoms with Crippen LogP contribution in [0.1, 0.15) is 11.9 Å². The summed E-state index contributed by atoms with van der Waals surface area (Å²) >= 11 is 14.6. The summed E-state index contributed by atoms with van der Waals surface area (Å²) in [6.45, 7) is 0. The topological polar surface area (TPSA) is 70.0 Å². The zero-order valence-corrected chi connectivity index (χ0v) is 17.7. The molecule has 0 bridgehead atoms. The largest absolute Gasteiger partial charge is 0.450 e. The Morgan fingerprint density at radius 1 is 1.26 bits per heavy atom. The van der Waals surface area contributed by atoms with Crippen molar-refractivity contribution < 1.29 is 13.2 Å². The second kappa shape index (κ2) is 7.07. The summed E-state index contributed by atoms with van der Waals surface area (Å²) in [7, 11) is 0. The van der Waals surface area contributed by atoms with Gasteiger partial charge >= 0.3 is 6.18 Å². The van der Waals surface area contributed by atoms with Crippen LogP contribution in [0.25, 0.3) is 22.0 Å². The van der Waals surface area contributed by atoms with Crippen LogP contribution >= 0.6 is 51.6 Å². The van der Waals surface area contributed by atoms with Gasteiger partial charge in [0.05, 0.1) is 33.8 Å². The standard InChI is InChI=1S/C14H9Cl2F3IN6P/c15-7-2-1-6-8(5-3-21-26(4-5)27-20)11(22-10(6)9(7)16)12-23-13(25-24-12)14(17,18)19/h1-4,12,22,24,27H,(H,23,25). The normalized spacial score (nSPS) is 17.9. The minimum absolute atomic E-state index is 0.288. The van der Waals surface area contributed by atoms with Crippen molar-refractivity contribution in [2.24, 2.45) is 4.99 Å². The third-order valence-corrected chi connectivity index (χ3v) is 6.68. The van der Waals surface area contributed by atoms with Crippen molar-refractivity contribution in [2.45, 2.75) is 12.3 Å². The molecule has 0 amide bonds. The van der Waals surface area contributed by atoms with Crippen molar-refractivity contribution >= 4 is 68.4 Å². The SMILES string of the molecule is FC(F)(F)C1=NC(c2[nH]c3c(Cl)c(Cl)ccc3c2-c2cnn(PI)c2)NN1. The Kier molecular flexibility index (Phi) is 5.04. The lowest BCUT2D eigenvalue weighted by Gasteiger charge is -2.08. The van der Waals surface area contributed by atoms with E-state index in [1.807, 2.05) is 6.20 Å². The highest BCUT2D eigenvalue weighted by molar-refractivity contribution is 14.2. The first-order valence-corrected chi connectivity index (χ1v) is 12.2. The number of fused-ring (bicyclic) bond motifs is 1. The van der Waals surface area contributed by atoms with Gasteiger partial charge in [0.2, 0.25) is 5.84 Å². The summed E-state index contributed by atoms with van der Waals surface area (Å²) in [6, 6.07) is 3.40. The van der Waals surface area contributed by atoms with Crippen LogP contribution in [0.15, 0.2) is 29.5 Å². The van der Waals surface area contributed by atoms with Gasteiger partial charge in [0.15, 0.2) is 6.17 Å². The highest BCUT2D eigenvalue weighted by Gasteiger charge is 2.40. The lowest BCUT2D eigenvalue weighted by molar-refractivity contribution is -0.0614. The van der Waals surface area contributed by atoms with Gasteiger partial charge in [-0.2, -0.15) is 18.3 Å². The van der Waals surface area contributed by atoms with E-state index in [1.165, 1.54) is 0 Å². The molecule has 3 N–H and O–H groups in total. The van der Waals surface area contributed by atoms with E-state index < -0.39 is 18.2 Å². The molecule has 0 saturated heterocycles. The molecule has 0 aliphatic carbocycles. The van der Waals surface area contributed by atoms with Crippen LogP contribution < -0.4 is 10.9 Å². The fraction of sp³-hybridized carbons (Fsp3) is 0.143. The first kappa shape index (κ1) is 19.3. The number of nitrogens with one attached hydrogen (secondary N) is 3. The van der Waals surface area contributed by atoms with Crippen LogP contribution in [0, 0.1) is 0 Å². The lowest BCUT2D eigenvalue weighted by Crippen LogP contribution is -2.39. The molecule has 1 aliphatic heterocycles. The molecule has 1 aromatic carbocycles. The smallest absolute Gasteiger partial charge is 0.354 e. The third-order valence-electron chi connectivity index (χ3n) is 3.98. The molecular formula is C14H9Cl2F3IN6P. The maximum Gasteiger partial charge on any atom is 0.450 e. The minimum Gasteiger partial charge on any atom is -0.354 e. The number of nitrogens with zero attached hydrogens (tertiary/aromatic N) is 3. The number of aromatic nitrogens is 3. The van der Waals surface area contributed by atoms with Crippen LogP contribution in [0.2, 0.25) is 10.0 Å². The summed E-state index contributed by atoms with van der Waals surface area (Å²) in [5.41, 5.74) is 6.98. The van der Waals surface area contributed by atoms with E-state index in [9.17, 15) is 13.2 Å². The quantitative estimate of drug-likeness (QED) is 0.312. The average molecular weight is 547 g/mol. The van der Waals surface area contributed by atoms with E-state index in [2.05, 4.69) is 48.0 Å². The van der Waals surface area contributed by atoms with Crippen LogP contribution in [-0.4, -0.2) is 26.5 Å². The molecule has 13 heteroatoms. The van der Waals surface area contributed by atoms with Crippen LogP contribution in [0.4, 0.5) is 13.2 Å². The van der Waals surface area contributed by atoms with E-state index in [4.69, 9.17) is 23.2 Å².